The van der Waals surface area contributed by atoms with Gasteiger partial charge in [-0.05, 0) is 60.2 Å². The molecule has 0 aliphatic rings. The van der Waals surface area contributed by atoms with E-state index < -0.39 is 0 Å². The van der Waals surface area contributed by atoms with E-state index in [1.165, 1.54) is 205 Å². The molecule has 5 heteroatoms. The van der Waals surface area contributed by atoms with Gasteiger partial charge in [0.15, 0.2) is 0 Å². The van der Waals surface area contributed by atoms with Gasteiger partial charge in [0, 0.05) is 0 Å². The Morgan fingerprint density at radius 1 is 0.344 bits per heavy atom. The van der Waals surface area contributed by atoms with Crippen LogP contribution in [0, 0.1) is 34.5 Å². The normalized spacial score (nSPS) is 15.1. The Balaban J connectivity index is -0.00000103. The fourth-order valence-electron chi connectivity index (χ4n) is 10.4. The first-order chi connectivity index (χ1) is 29.4. The van der Waals surface area contributed by atoms with Crippen molar-refractivity contribution in [1.29, 1.82) is 0 Å². The summed E-state index contributed by atoms with van der Waals surface area (Å²) in [6, 6.07) is 0. The molecule has 0 aliphatic carbocycles. The first-order valence-electron chi connectivity index (χ1n) is 27.4. The molecule has 0 heterocycles. The van der Waals surface area contributed by atoms with Crippen molar-refractivity contribution in [2.75, 3.05) is 0 Å². The number of hydrogen-bond acceptors (Lipinski definition) is 4. The SMILES string of the molecule is CCCCCCCCCC(CC)C(C)(C([O-])=S)C(CC)CCCCCCCCC.CCCCCCCCCC(CC)C(C)(C([O-])=S)C(CC)CCCCCCCCC.[CH3][Sn+2][CH3]. The van der Waals surface area contributed by atoms with E-state index in [1.54, 1.807) is 0 Å². The number of thiocarbonyl (C=S) groups is 2. The van der Waals surface area contributed by atoms with Gasteiger partial charge in [0.2, 0.25) is 0 Å². The van der Waals surface area contributed by atoms with Crippen molar-refractivity contribution in [2.24, 2.45) is 34.5 Å². The van der Waals surface area contributed by atoms with E-state index >= 15 is 0 Å². The molecule has 364 valence electrons. The molecule has 0 saturated heterocycles. The Hall–Kier alpha value is 0.579. The van der Waals surface area contributed by atoms with Crippen LogP contribution in [0.25, 0.3) is 0 Å². The molecule has 0 bridgehead atoms. The zero-order valence-corrected chi connectivity index (χ0v) is 48.4. The van der Waals surface area contributed by atoms with Crippen LogP contribution in [-0.4, -0.2) is 31.2 Å². The molecule has 0 aromatic rings. The van der Waals surface area contributed by atoms with Crippen LogP contribution in [0.5, 0.6) is 0 Å². The Labute approximate surface area is 407 Å². The third-order valence-corrected chi connectivity index (χ3v) is 15.7. The fourth-order valence-corrected chi connectivity index (χ4v) is 11.1. The summed E-state index contributed by atoms with van der Waals surface area (Å²) in [4.78, 5) is 4.59. The van der Waals surface area contributed by atoms with Crippen LogP contribution >= 0.6 is 24.4 Å². The molecule has 0 N–H and O–H groups in total. The summed E-state index contributed by atoms with van der Waals surface area (Å²) in [7, 11) is 0. The maximum absolute atomic E-state index is 12.7. The molecule has 2 nitrogen and oxygen atoms in total. The van der Waals surface area contributed by atoms with Crippen LogP contribution < -0.4 is 10.2 Å². The molecule has 0 amide bonds. The third-order valence-electron chi connectivity index (χ3n) is 14.9. The van der Waals surface area contributed by atoms with Gasteiger partial charge in [-0.25, -0.2) is 0 Å². The Kier molecular flexibility index (Phi) is 50.8. The van der Waals surface area contributed by atoms with Crippen LogP contribution in [0.1, 0.15) is 300 Å². The van der Waals surface area contributed by atoms with Gasteiger partial charge in [-0.15, -0.1) is 24.4 Å². The number of unbranched alkanes of at least 4 members (excludes halogenated alkanes) is 24. The van der Waals surface area contributed by atoms with E-state index in [9.17, 15) is 10.2 Å². The summed E-state index contributed by atoms with van der Waals surface area (Å²) in [5.41, 5.74) is -0.605. The van der Waals surface area contributed by atoms with Crippen molar-refractivity contribution < 1.29 is 10.2 Å². The van der Waals surface area contributed by atoms with Crippen molar-refractivity contribution in [1.82, 2.24) is 0 Å². The van der Waals surface area contributed by atoms with Crippen molar-refractivity contribution in [2.45, 2.75) is 310 Å². The van der Waals surface area contributed by atoms with Gasteiger partial charge in [-0.2, -0.15) is 0 Å². The van der Waals surface area contributed by atoms with Crippen molar-refractivity contribution >= 4 is 55.7 Å². The van der Waals surface area contributed by atoms with E-state index in [0.29, 0.717) is 23.7 Å². The number of hydrogen-bond donors (Lipinski definition) is 0. The monoisotopic (exact) mass is 1000 g/mol. The first-order valence-corrected chi connectivity index (χ1v) is 33.9. The molecular weight excluding hydrogens is 887 g/mol. The molecule has 0 aromatic carbocycles. The second-order valence-electron chi connectivity index (χ2n) is 19.7. The second-order valence-corrected chi connectivity index (χ2v) is 23.3. The second kappa shape index (κ2) is 47.1. The van der Waals surface area contributed by atoms with Crippen molar-refractivity contribution in [3.8, 4) is 0 Å². The average Bonchev–Trinajstić information content (AvgIpc) is 3.24. The van der Waals surface area contributed by atoms with Gasteiger partial charge in [0.25, 0.3) is 0 Å². The molecule has 0 fully saturated rings. The molecule has 0 aromatic heterocycles. The Morgan fingerprint density at radius 3 is 0.623 bits per heavy atom. The number of rotatable bonds is 42. The maximum atomic E-state index is 12.7. The summed E-state index contributed by atoms with van der Waals surface area (Å²) >= 11 is 10.9. The average molecular weight is 1000 g/mol. The van der Waals surface area contributed by atoms with E-state index in [0.717, 1.165) is 25.7 Å². The molecular formula is C56H112O2S2Sn. The van der Waals surface area contributed by atoms with Crippen LogP contribution in [0.2, 0.25) is 9.88 Å². The first kappa shape index (κ1) is 65.9. The van der Waals surface area contributed by atoms with Crippen LogP contribution in [0.15, 0.2) is 0 Å². The molecule has 4 atom stereocenters. The summed E-state index contributed by atoms with van der Waals surface area (Å²) in [5, 5.41) is 25.5. The van der Waals surface area contributed by atoms with Crippen LogP contribution in [-0.2, 0) is 0 Å². The fraction of sp³-hybridized carbons (Fsp3) is 0.964. The minimum atomic E-state index is -0.302. The Morgan fingerprint density at radius 2 is 0.492 bits per heavy atom. The van der Waals surface area contributed by atoms with Crippen molar-refractivity contribution in [3.63, 3.8) is 0 Å². The molecule has 0 rings (SSSR count). The standard InChI is InChI=1S/2C27H54OS.2CH3.Sn/c2*1-6-10-12-14-16-18-20-22-24(8-3)27(5,26(28)29)25(9-4)23-21-19-17-15-13-11-7-2;;;/h2*24-25H,6-23H2,1-5H3,(H,28,29);2*1H3;/q;;;;+2/p-2. The van der Waals surface area contributed by atoms with E-state index in [-0.39, 0.29) is 42.1 Å². The summed E-state index contributed by atoms with van der Waals surface area (Å²) in [6.45, 7) is 22.6. The molecule has 0 aliphatic heterocycles. The van der Waals surface area contributed by atoms with Gasteiger partial charge >= 0.3 is 31.0 Å². The molecule has 0 saturated carbocycles. The minimum absolute atomic E-state index is 0.0297. The van der Waals surface area contributed by atoms with Crippen molar-refractivity contribution in [3.05, 3.63) is 0 Å². The third kappa shape index (κ3) is 32.0. The van der Waals surface area contributed by atoms with Gasteiger partial charge in [0.1, 0.15) is 0 Å². The summed E-state index contributed by atoms with van der Waals surface area (Å²) in [6.07, 6.45) is 46.5. The predicted molar refractivity (Wildman–Crippen MR) is 284 cm³/mol. The Bertz CT molecular complexity index is 800. The van der Waals surface area contributed by atoms with E-state index in [4.69, 9.17) is 24.4 Å². The van der Waals surface area contributed by atoms with E-state index in [2.05, 4.69) is 79.1 Å². The summed E-state index contributed by atoms with van der Waals surface area (Å²) in [5.74, 6) is 1.82. The molecule has 0 spiro atoms. The molecule has 0 radical (unpaired) electrons. The quantitative estimate of drug-likeness (QED) is 0.0347. The predicted octanol–water partition coefficient (Wildman–Crippen LogP) is 18.8. The molecule has 4 unspecified atom stereocenters. The van der Waals surface area contributed by atoms with Gasteiger partial charge in [0.05, 0.1) is 0 Å². The van der Waals surface area contributed by atoms with Gasteiger partial charge < -0.3 is 10.2 Å². The van der Waals surface area contributed by atoms with Crippen LogP contribution in [0.3, 0.4) is 0 Å². The van der Waals surface area contributed by atoms with Gasteiger partial charge in [-0.1, -0.05) is 285 Å². The van der Waals surface area contributed by atoms with Crippen LogP contribution in [0.4, 0.5) is 0 Å². The van der Waals surface area contributed by atoms with E-state index in [1.807, 2.05) is 0 Å². The zero-order valence-electron chi connectivity index (χ0n) is 43.9. The topological polar surface area (TPSA) is 46.1 Å². The summed E-state index contributed by atoms with van der Waals surface area (Å²) < 4.78 is 0. The van der Waals surface area contributed by atoms with Gasteiger partial charge in [-0.3, -0.25) is 0 Å². The molecule has 61 heavy (non-hydrogen) atoms. The zero-order chi connectivity index (χ0) is 46.6.